The van der Waals surface area contributed by atoms with Crippen LogP contribution in [0.3, 0.4) is 0 Å². The number of unbranched alkanes of at least 4 members (excludes halogenated alkanes) is 4. The van der Waals surface area contributed by atoms with Gasteiger partial charge in [-0.25, -0.2) is 9.59 Å². The van der Waals surface area contributed by atoms with Gasteiger partial charge in [0.25, 0.3) is 0 Å². The SMILES string of the molecule is C=C(C)C(=O)OCCCCCCCOc1ccc(C(=O)Oc2ccc(-c3ccc(OC)cc3)cc2[N+](=O)[O-])cc1. The van der Waals surface area contributed by atoms with Gasteiger partial charge in [-0.3, -0.25) is 10.1 Å². The molecule has 0 bridgehead atoms. The summed E-state index contributed by atoms with van der Waals surface area (Å²) in [4.78, 5) is 35.1. The second kappa shape index (κ2) is 15.1. The first-order chi connectivity index (χ1) is 19.3. The van der Waals surface area contributed by atoms with Gasteiger partial charge in [0.1, 0.15) is 11.5 Å². The van der Waals surface area contributed by atoms with E-state index in [2.05, 4.69) is 6.58 Å². The molecule has 0 aliphatic rings. The van der Waals surface area contributed by atoms with Crippen LogP contribution in [0.5, 0.6) is 17.2 Å². The minimum Gasteiger partial charge on any atom is -0.497 e. The number of hydrogen-bond acceptors (Lipinski definition) is 8. The Bertz CT molecular complexity index is 1320. The highest BCUT2D eigenvalue weighted by Crippen LogP contribution is 2.33. The molecule has 9 nitrogen and oxygen atoms in total. The Morgan fingerprint density at radius 1 is 0.825 bits per heavy atom. The molecule has 0 heterocycles. The number of carbonyl (C=O) groups is 2. The Hall–Kier alpha value is -4.66. The molecular formula is C31H33NO8. The number of nitro benzene ring substituents is 1. The van der Waals surface area contributed by atoms with E-state index in [1.807, 2.05) is 0 Å². The maximum Gasteiger partial charge on any atom is 0.343 e. The van der Waals surface area contributed by atoms with Crippen LogP contribution >= 0.6 is 0 Å². The van der Waals surface area contributed by atoms with E-state index < -0.39 is 10.9 Å². The highest BCUT2D eigenvalue weighted by molar-refractivity contribution is 5.92. The smallest absolute Gasteiger partial charge is 0.343 e. The van der Waals surface area contributed by atoms with Crippen LogP contribution in [-0.4, -0.2) is 37.2 Å². The van der Waals surface area contributed by atoms with E-state index in [0.717, 1.165) is 37.7 Å². The number of nitro groups is 1. The molecule has 0 N–H and O–H groups in total. The van der Waals surface area contributed by atoms with E-state index in [0.29, 0.717) is 35.8 Å². The molecule has 0 saturated carbocycles. The monoisotopic (exact) mass is 547 g/mol. The van der Waals surface area contributed by atoms with Gasteiger partial charge in [0.15, 0.2) is 0 Å². The first-order valence-corrected chi connectivity index (χ1v) is 13.0. The Morgan fingerprint density at radius 2 is 1.43 bits per heavy atom. The van der Waals surface area contributed by atoms with Gasteiger partial charge in [0.05, 0.1) is 30.8 Å². The van der Waals surface area contributed by atoms with Gasteiger partial charge in [-0.1, -0.05) is 44.0 Å². The lowest BCUT2D eigenvalue weighted by Gasteiger charge is -2.09. The molecule has 0 radical (unpaired) electrons. The number of hydrogen-bond donors (Lipinski definition) is 0. The second-order valence-electron chi connectivity index (χ2n) is 9.11. The van der Waals surface area contributed by atoms with Crippen molar-refractivity contribution < 1.29 is 33.5 Å². The molecule has 3 rings (SSSR count). The number of rotatable bonds is 15. The Kier molecular flexibility index (Phi) is 11.3. The fourth-order valence-electron chi connectivity index (χ4n) is 3.77. The first kappa shape index (κ1) is 29.9. The van der Waals surface area contributed by atoms with Crippen LogP contribution in [0.2, 0.25) is 0 Å². The zero-order valence-corrected chi connectivity index (χ0v) is 22.7. The zero-order chi connectivity index (χ0) is 28.9. The number of esters is 2. The van der Waals surface area contributed by atoms with Gasteiger partial charge in [-0.05, 0) is 73.4 Å². The lowest BCUT2D eigenvalue weighted by molar-refractivity contribution is -0.385. The number of benzene rings is 3. The van der Waals surface area contributed by atoms with Crippen molar-refractivity contribution in [3.8, 4) is 28.4 Å². The summed E-state index contributed by atoms with van der Waals surface area (Å²) >= 11 is 0. The summed E-state index contributed by atoms with van der Waals surface area (Å²) in [5.74, 6) is 0.0847. The summed E-state index contributed by atoms with van der Waals surface area (Å²) in [6.45, 7) is 6.10. The van der Waals surface area contributed by atoms with Gasteiger partial charge in [-0.2, -0.15) is 0 Å². The molecule has 210 valence electrons. The van der Waals surface area contributed by atoms with Crippen LogP contribution in [0, 0.1) is 10.1 Å². The second-order valence-corrected chi connectivity index (χ2v) is 9.11. The first-order valence-electron chi connectivity index (χ1n) is 13.0. The molecule has 0 fully saturated rings. The minimum atomic E-state index is -0.708. The summed E-state index contributed by atoms with van der Waals surface area (Å²) in [5.41, 5.74) is 1.71. The van der Waals surface area contributed by atoms with Crippen molar-refractivity contribution in [1.82, 2.24) is 0 Å². The lowest BCUT2D eigenvalue weighted by Crippen LogP contribution is -2.10. The van der Waals surface area contributed by atoms with E-state index in [9.17, 15) is 19.7 Å². The van der Waals surface area contributed by atoms with E-state index >= 15 is 0 Å². The van der Waals surface area contributed by atoms with Crippen LogP contribution in [-0.2, 0) is 9.53 Å². The highest BCUT2D eigenvalue weighted by atomic mass is 16.6. The third-order valence-corrected chi connectivity index (χ3v) is 6.01. The van der Waals surface area contributed by atoms with Gasteiger partial charge in [0.2, 0.25) is 5.75 Å². The van der Waals surface area contributed by atoms with Gasteiger partial charge in [-0.15, -0.1) is 0 Å². The molecular weight excluding hydrogens is 514 g/mol. The molecule has 9 heteroatoms. The van der Waals surface area contributed by atoms with E-state index in [4.69, 9.17) is 18.9 Å². The fourth-order valence-corrected chi connectivity index (χ4v) is 3.77. The summed E-state index contributed by atoms with van der Waals surface area (Å²) < 4.78 is 21.3. The van der Waals surface area contributed by atoms with Crippen molar-refractivity contribution in [2.24, 2.45) is 0 Å². The average Bonchev–Trinajstić information content (AvgIpc) is 2.96. The molecule has 40 heavy (non-hydrogen) atoms. The molecule has 3 aromatic carbocycles. The number of ether oxygens (including phenoxy) is 4. The molecule has 0 aromatic heterocycles. The van der Waals surface area contributed by atoms with Crippen molar-refractivity contribution >= 4 is 17.6 Å². The average molecular weight is 548 g/mol. The van der Waals surface area contributed by atoms with Crippen LogP contribution < -0.4 is 14.2 Å². The van der Waals surface area contributed by atoms with Crippen LogP contribution in [0.25, 0.3) is 11.1 Å². The molecule has 0 aliphatic heterocycles. The summed E-state index contributed by atoms with van der Waals surface area (Å²) in [6.07, 6.45) is 4.63. The lowest BCUT2D eigenvalue weighted by atomic mass is 10.0. The van der Waals surface area contributed by atoms with Gasteiger partial charge in [0, 0.05) is 11.6 Å². The standard InChI is InChI=1S/C31H33NO8/c1-22(2)30(33)39-20-8-6-4-5-7-19-38-27-16-11-24(12-17-27)31(34)40-29-18-13-25(21-28(29)32(35)36)23-9-14-26(37-3)15-10-23/h9-18,21H,1,4-8,19-20H2,2-3H3. The maximum atomic E-state index is 12.7. The largest absolute Gasteiger partial charge is 0.497 e. The third kappa shape index (κ3) is 8.97. The number of methoxy groups -OCH3 is 1. The predicted octanol–water partition coefficient (Wildman–Crippen LogP) is 6.94. The third-order valence-electron chi connectivity index (χ3n) is 6.01. The van der Waals surface area contributed by atoms with Gasteiger partial charge < -0.3 is 18.9 Å². The van der Waals surface area contributed by atoms with Crippen molar-refractivity contribution in [3.05, 3.63) is 94.6 Å². The van der Waals surface area contributed by atoms with Crippen molar-refractivity contribution in [3.63, 3.8) is 0 Å². The summed E-state index contributed by atoms with van der Waals surface area (Å²) in [7, 11) is 1.56. The predicted molar refractivity (Wildman–Crippen MR) is 151 cm³/mol. The molecule has 0 atom stereocenters. The summed E-state index contributed by atoms with van der Waals surface area (Å²) in [6, 6.07) is 18.0. The molecule has 0 unspecified atom stereocenters. The fraction of sp³-hybridized carbons (Fsp3) is 0.290. The quantitative estimate of drug-likeness (QED) is 0.0502. The van der Waals surface area contributed by atoms with Crippen LogP contribution in [0.15, 0.2) is 78.9 Å². The van der Waals surface area contributed by atoms with E-state index in [1.165, 1.54) is 12.1 Å². The molecule has 0 amide bonds. The van der Waals surface area contributed by atoms with Crippen molar-refractivity contribution in [2.45, 2.75) is 39.0 Å². The highest BCUT2D eigenvalue weighted by Gasteiger charge is 2.20. The topological polar surface area (TPSA) is 114 Å². The number of nitrogens with zero attached hydrogens (tertiary/aromatic N) is 1. The van der Waals surface area contributed by atoms with E-state index in [1.54, 1.807) is 68.6 Å². The maximum absolute atomic E-state index is 12.7. The molecule has 0 aliphatic carbocycles. The molecule has 0 spiro atoms. The summed E-state index contributed by atoms with van der Waals surface area (Å²) in [5, 5.41) is 11.7. The van der Waals surface area contributed by atoms with Crippen molar-refractivity contribution in [1.29, 1.82) is 0 Å². The molecule has 3 aromatic rings. The Balaban J connectivity index is 1.46. The van der Waals surface area contributed by atoms with Crippen LogP contribution in [0.1, 0.15) is 49.4 Å². The number of carbonyl (C=O) groups excluding carboxylic acids is 2. The Morgan fingerprint density at radius 3 is 2.05 bits per heavy atom. The van der Waals surface area contributed by atoms with Crippen LogP contribution in [0.4, 0.5) is 5.69 Å². The van der Waals surface area contributed by atoms with Gasteiger partial charge >= 0.3 is 17.6 Å². The normalized spacial score (nSPS) is 10.4. The minimum absolute atomic E-state index is 0.137. The van der Waals surface area contributed by atoms with Crippen molar-refractivity contribution in [2.75, 3.05) is 20.3 Å². The Labute approximate surface area is 233 Å². The molecule has 0 saturated heterocycles. The zero-order valence-electron chi connectivity index (χ0n) is 22.7. The van der Waals surface area contributed by atoms with E-state index in [-0.39, 0.29) is 23.0 Å².